The smallest absolute Gasteiger partial charge is 0.293 e. The minimum Gasteiger partial charge on any atom is -0.464 e. The van der Waals surface area contributed by atoms with E-state index < -0.39 is 6.10 Å². The van der Waals surface area contributed by atoms with Gasteiger partial charge in [0, 0.05) is 5.41 Å². The minimum atomic E-state index is -0.433. The van der Waals surface area contributed by atoms with Gasteiger partial charge in [-0.1, -0.05) is 27.7 Å². The second-order valence-corrected chi connectivity index (χ2v) is 3.87. The highest BCUT2D eigenvalue weighted by molar-refractivity contribution is 5.37. The van der Waals surface area contributed by atoms with E-state index in [9.17, 15) is 9.90 Å². The molecule has 0 aromatic heterocycles. The Hall–Kier alpha value is -0.570. The van der Waals surface area contributed by atoms with Crippen molar-refractivity contribution >= 4 is 6.47 Å². The average molecular weight is 188 g/mol. The van der Waals surface area contributed by atoms with E-state index in [1.165, 1.54) is 0 Å². The summed E-state index contributed by atoms with van der Waals surface area (Å²) in [6, 6.07) is 0. The number of aliphatic hydroxyl groups is 1. The molecule has 2 atom stereocenters. The van der Waals surface area contributed by atoms with Gasteiger partial charge < -0.3 is 9.84 Å². The molecule has 3 nitrogen and oxygen atoms in total. The molecule has 0 saturated carbocycles. The summed E-state index contributed by atoms with van der Waals surface area (Å²) in [5.41, 5.74) is -0.371. The predicted octanol–water partition coefficient (Wildman–Crippen LogP) is 1.74. The van der Waals surface area contributed by atoms with Gasteiger partial charge in [-0.15, -0.1) is 0 Å². The molecule has 13 heavy (non-hydrogen) atoms. The molecule has 0 amide bonds. The number of hydrogen-bond donors (Lipinski definition) is 1. The van der Waals surface area contributed by atoms with Gasteiger partial charge in [-0.05, 0) is 12.8 Å². The van der Waals surface area contributed by atoms with Crippen molar-refractivity contribution in [2.45, 2.75) is 52.7 Å². The largest absolute Gasteiger partial charge is 0.464 e. The monoisotopic (exact) mass is 188 g/mol. The van der Waals surface area contributed by atoms with Crippen LogP contribution in [0, 0.1) is 5.41 Å². The zero-order valence-corrected chi connectivity index (χ0v) is 8.91. The number of rotatable bonds is 6. The quantitative estimate of drug-likeness (QED) is 0.646. The standard InChI is InChI=1S/C10H20O3/c1-5-8(12)10(3,4)9(6-2)13-7-11/h7-9,12H,5-6H2,1-4H3. The Labute approximate surface area is 80.1 Å². The number of carbonyl (C=O) groups excluding carboxylic acids is 1. The molecule has 0 bridgehead atoms. The Morgan fingerprint density at radius 3 is 2.23 bits per heavy atom. The van der Waals surface area contributed by atoms with Gasteiger partial charge in [-0.25, -0.2) is 0 Å². The number of hydrogen-bond acceptors (Lipinski definition) is 3. The lowest BCUT2D eigenvalue weighted by Crippen LogP contribution is -2.41. The van der Waals surface area contributed by atoms with Gasteiger partial charge in [-0.2, -0.15) is 0 Å². The van der Waals surface area contributed by atoms with Crippen molar-refractivity contribution in [2.75, 3.05) is 0 Å². The topological polar surface area (TPSA) is 46.5 Å². The van der Waals surface area contributed by atoms with Crippen LogP contribution in [-0.2, 0) is 9.53 Å². The van der Waals surface area contributed by atoms with Gasteiger partial charge in [0.15, 0.2) is 0 Å². The molecule has 0 rings (SSSR count). The summed E-state index contributed by atoms with van der Waals surface area (Å²) in [4.78, 5) is 10.2. The zero-order chi connectivity index (χ0) is 10.5. The third kappa shape index (κ3) is 2.99. The van der Waals surface area contributed by atoms with Crippen LogP contribution in [0.2, 0.25) is 0 Å². The highest BCUT2D eigenvalue weighted by Gasteiger charge is 2.35. The van der Waals surface area contributed by atoms with E-state index in [0.717, 1.165) is 6.42 Å². The van der Waals surface area contributed by atoms with Crippen molar-refractivity contribution in [3.63, 3.8) is 0 Å². The summed E-state index contributed by atoms with van der Waals surface area (Å²) in [5, 5.41) is 9.72. The van der Waals surface area contributed by atoms with E-state index in [-0.39, 0.29) is 11.5 Å². The maximum Gasteiger partial charge on any atom is 0.293 e. The first-order valence-electron chi connectivity index (χ1n) is 4.77. The van der Waals surface area contributed by atoms with Gasteiger partial charge in [-0.3, -0.25) is 4.79 Å². The van der Waals surface area contributed by atoms with Crippen LogP contribution >= 0.6 is 0 Å². The molecule has 78 valence electrons. The lowest BCUT2D eigenvalue weighted by Gasteiger charge is -2.36. The molecule has 0 spiro atoms. The maximum atomic E-state index is 10.2. The van der Waals surface area contributed by atoms with Crippen LogP contribution < -0.4 is 0 Å². The molecule has 0 aliphatic carbocycles. The second-order valence-electron chi connectivity index (χ2n) is 3.87. The fourth-order valence-electron chi connectivity index (χ4n) is 1.61. The van der Waals surface area contributed by atoms with Crippen molar-refractivity contribution in [1.29, 1.82) is 0 Å². The Morgan fingerprint density at radius 2 is 1.92 bits per heavy atom. The number of ether oxygens (including phenoxy) is 1. The lowest BCUT2D eigenvalue weighted by atomic mass is 9.78. The summed E-state index contributed by atoms with van der Waals surface area (Å²) in [6.07, 6.45) is 0.756. The molecule has 0 radical (unpaired) electrons. The molecule has 3 heteroatoms. The zero-order valence-electron chi connectivity index (χ0n) is 8.91. The molecule has 0 fully saturated rings. The van der Waals surface area contributed by atoms with Crippen LogP contribution in [0.5, 0.6) is 0 Å². The summed E-state index contributed by atoms with van der Waals surface area (Å²) in [5.74, 6) is 0. The summed E-state index contributed by atoms with van der Waals surface area (Å²) in [7, 11) is 0. The summed E-state index contributed by atoms with van der Waals surface area (Å²) < 4.78 is 4.94. The highest BCUT2D eigenvalue weighted by atomic mass is 16.5. The lowest BCUT2D eigenvalue weighted by molar-refractivity contribution is -0.145. The van der Waals surface area contributed by atoms with Gasteiger partial charge in [0.2, 0.25) is 0 Å². The van der Waals surface area contributed by atoms with Crippen LogP contribution in [0.1, 0.15) is 40.5 Å². The SMILES string of the molecule is CCC(O)C(C)(C)C(CC)OC=O. The number of aliphatic hydroxyl groups excluding tert-OH is 1. The van der Waals surface area contributed by atoms with Crippen molar-refractivity contribution < 1.29 is 14.6 Å². The van der Waals surface area contributed by atoms with Crippen LogP contribution in [0.25, 0.3) is 0 Å². The van der Waals surface area contributed by atoms with E-state index >= 15 is 0 Å². The first-order valence-corrected chi connectivity index (χ1v) is 4.77. The van der Waals surface area contributed by atoms with Crippen LogP contribution in [-0.4, -0.2) is 23.8 Å². The molecule has 0 aliphatic heterocycles. The van der Waals surface area contributed by atoms with E-state index in [2.05, 4.69) is 0 Å². The molecular formula is C10H20O3. The molecule has 0 aliphatic rings. The Kier molecular flexibility index (Phi) is 4.99. The van der Waals surface area contributed by atoms with E-state index in [4.69, 9.17) is 4.74 Å². The predicted molar refractivity (Wildman–Crippen MR) is 51.3 cm³/mol. The van der Waals surface area contributed by atoms with Crippen molar-refractivity contribution in [3.05, 3.63) is 0 Å². The van der Waals surface area contributed by atoms with Crippen LogP contribution in [0.4, 0.5) is 0 Å². The van der Waals surface area contributed by atoms with Gasteiger partial charge >= 0.3 is 0 Å². The van der Waals surface area contributed by atoms with E-state index in [1.54, 1.807) is 0 Å². The molecule has 0 aromatic carbocycles. The molecular weight excluding hydrogens is 168 g/mol. The minimum absolute atomic E-state index is 0.208. The Balaban J connectivity index is 4.44. The van der Waals surface area contributed by atoms with E-state index in [0.29, 0.717) is 12.9 Å². The van der Waals surface area contributed by atoms with Crippen molar-refractivity contribution in [1.82, 2.24) is 0 Å². The first-order chi connectivity index (χ1) is 6.00. The van der Waals surface area contributed by atoms with Crippen molar-refractivity contribution in [3.8, 4) is 0 Å². The van der Waals surface area contributed by atoms with Crippen molar-refractivity contribution in [2.24, 2.45) is 5.41 Å². The van der Waals surface area contributed by atoms with Gasteiger partial charge in [0.1, 0.15) is 6.10 Å². The molecule has 2 unspecified atom stereocenters. The number of carbonyl (C=O) groups is 1. The third-order valence-corrected chi connectivity index (χ3v) is 2.67. The molecule has 0 heterocycles. The molecule has 1 N–H and O–H groups in total. The second kappa shape index (κ2) is 5.22. The third-order valence-electron chi connectivity index (χ3n) is 2.67. The normalized spacial score (nSPS) is 16.4. The van der Waals surface area contributed by atoms with Crippen LogP contribution in [0.15, 0.2) is 0 Å². The summed E-state index contributed by atoms with van der Waals surface area (Å²) >= 11 is 0. The van der Waals surface area contributed by atoms with Gasteiger partial charge in [0.05, 0.1) is 6.10 Å². The van der Waals surface area contributed by atoms with Gasteiger partial charge in [0.25, 0.3) is 6.47 Å². The maximum absolute atomic E-state index is 10.2. The van der Waals surface area contributed by atoms with Crippen LogP contribution in [0.3, 0.4) is 0 Å². The molecule has 0 aromatic rings. The highest BCUT2D eigenvalue weighted by Crippen LogP contribution is 2.30. The average Bonchev–Trinajstić information content (AvgIpc) is 2.12. The molecule has 0 saturated heterocycles. The summed E-state index contributed by atoms with van der Waals surface area (Å²) in [6.45, 7) is 8.15. The Morgan fingerprint density at radius 1 is 1.38 bits per heavy atom. The fraction of sp³-hybridized carbons (Fsp3) is 0.900. The first kappa shape index (κ1) is 12.4. The fourth-order valence-corrected chi connectivity index (χ4v) is 1.61. The van der Waals surface area contributed by atoms with E-state index in [1.807, 2.05) is 27.7 Å². The Bertz CT molecular complexity index is 154.